The number of ketones is 1. The SMILES string of the molecule is Cc1ccc(C(=O)c2cccn2CCSc2cccc(C(=O)O)c2C)cc1. The Bertz CT molecular complexity index is 973. The van der Waals surface area contributed by atoms with E-state index in [0.717, 1.165) is 21.8 Å². The Kier molecular flexibility index (Phi) is 5.81. The third-order valence-electron chi connectivity index (χ3n) is 4.48. The van der Waals surface area contributed by atoms with Crippen molar-refractivity contribution in [1.82, 2.24) is 4.57 Å². The summed E-state index contributed by atoms with van der Waals surface area (Å²) in [6, 6.07) is 16.6. The summed E-state index contributed by atoms with van der Waals surface area (Å²) < 4.78 is 1.95. The summed E-state index contributed by atoms with van der Waals surface area (Å²) in [7, 11) is 0. The third kappa shape index (κ3) is 4.31. The molecule has 2 aromatic carbocycles. The summed E-state index contributed by atoms with van der Waals surface area (Å²) in [4.78, 5) is 25.0. The number of hydrogen-bond acceptors (Lipinski definition) is 3. The third-order valence-corrected chi connectivity index (χ3v) is 5.62. The number of benzene rings is 2. The van der Waals surface area contributed by atoms with Crippen LogP contribution in [0, 0.1) is 13.8 Å². The Labute approximate surface area is 162 Å². The van der Waals surface area contributed by atoms with Gasteiger partial charge in [-0.2, -0.15) is 0 Å². The van der Waals surface area contributed by atoms with Gasteiger partial charge in [-0.15, -0.1) is 11.8 Å². The van der Waals surface area contributed by atoms with Crippen LogP contribution in [0.15, 0.2) is 65.7 Å². The lowest BCUT2D eigenvalue weighted by Gasteiger charge is -2.11. The van der Waals surface area contributed by atoms with Gasteiger partial charge in [-0.1, -0.05) is 35.9 Å². The van der Waals surface area contributed by atoms with Crippen LogP contribution in [0.1, 0.15) is 37.5 Å². The second kappa shape index (κ2) is 8.27. The van der Waals surface area contributed by atoms with Crippen LogP contribution in [0.5, 0.6) is 0 Å². The molecule has 0 aliphatic rings. The number of carboxylic acid groups (broad SMARTS) is 1. The molecule has 0 atom stereocenters. The first-order valence-corrected chi connectivity index (χ1v) is 9.68. The van der Waals surface area contributed by atoms with Gasteiger partial charge in [0.15, 0.2) is 0 Å². The van der Waals surface area contributed by atoms with Crippen molar-refractivity contribution in [3.63, 3.8) is 0 Å². The van der Waals surface area contributed by atoms with Gasteiger partial charge in [0.05, 0.1) is 11.3 Å². The van der Waals surface area contributed by atoms with Gasteiger partial charge in [-0.05, 0) is 43.7 Å². The second-order valence-corrected chi connectivity index (χ2v) is 7.50. The standard InChI is InChI=1S/C22H21NO3S/c1-15-8-10-17(11-9-15)21(24)19-6-4-12-23(19)13-14-27-20-7-3-5-18(16(20)2)22(25)26/h3-12H,13-14H2,1-2H3,(H,25,26). The van der Waals surface area contributed by atoms with Crippen LogP contribution < -0.4 is 0 Å². The molecule has 0 saturated heterocycles. The fourth-order valence-electron chi connectivity index (χ4n) is 2.92. The quantitative estimate of drug-likeness (QED) is 0.472. The van der Waals surface area contributed by atoms with Crippen LogP contribution in [0.3, 0.4) is 0 Å². The van der Waals surface area contributed by atoms with Crippen LogP contribution in [0.25, 0.3) is 0 Å². The number of carbonyl (C=O) groups excluding carboxylic acids is 1. The smallest absolute Gasteiger partial charge is 0.335 e. The Morgan fingerprint density at radius 2 is 1.74 bits per heavy atom. The lowest BCUT2D eigenvalue weighted by molar-refractivity contribution is 0.0695. The van der Waals surface area contributed by atoms with Crippen LogP contribution in [0.4, 0.5) is 0 Å². The molecule has 0 unspecified atom stereocenters. The zero-order chi connectivity index (χ0) is 19.4. The molecule has 1 heterocycles. The van der Waals surface area contributed by atoms with Gasteiger partial charge in [0.25, 0.3) is 0 Å². The maximum atomic E-state index is 12.8. The molecular weight excluding hydrogens is 358 g/mol. The number of hydrogen-bond donors (Lipinski definition) is 1. The fraction of sp³-hybridized carbons (Fsp3) is 0.182. The van der Waals surface area contributed by atoms with Crippen LogP contribution in [0.2, 0.25) is 0 Å². The minimum Gasteiger partial charge on any atom is -0.478 e. The summed E-state index contributed by atoms with van der Waals surface area (Å²) in [5.74, 6) is -0.160. The molecule has 0 saturated carbocycles. The first-order chi connectivity index (χ1) is 13.0. The Hall–Kier alpha value is -2.79. The molecule has 27 heavy (non-hydrogen) atoms. The highest BCUT2D eigenvalue weighted by Crippen LogP contribution is 2.25. The Morgan fingerprint density at radius 3 is 2.44 bits per heavy atom. The number of aromatic carboxylic acids is 1. The number of carboxylic acids is 1. The summed E-state index contributed by atoms with van der Waals surface area (Å²) in [5, 5.41) is 9.24. The number of aromatic nitrogens is 1. The van der Waals surface area contributed by atoms with Crippen molar-refractivity contribution in [2.45, 2.75) is 25.3 Å². The van der Waals surface area contributed by atoms with Crippen LogP contribution in [-0.2, 0) is 6.54 Å². The van der Waals surface area contributed by atoms with E-state index in [9.17, 15) is 14.7 Å². The largest absolute Gasteiger partial charge is 0.478 e. The van der Waals surface area contributed by atoms with E-state index in [0.29, 0.717) is 23.4 Å². The first-order valence-electron chi connectivity index (χ1n) is 8.69. The maximum absolute atomic E-state index is 12.8. The molecule has 0 aliphatic heterocycles. The van der Waals surface area contributed by atoms with E-state index in [1.807, 2.05) is 67.1 Å². The minimum absolute atomic E-state index is 0.00838. The minimum atomic E-state index is -0.911. The van der Waals surface area contributed by atoms with Gasteiger partial charge < -0.3 is 9.67 Å². The highest BCUT2D eigenvalue weighted by Gasteiger charge is 2.14. The second-order valence-electron chi connectivity index (χ2n) is 6.36. The monoisotopic (exact) mass is 379 g/mol. The molecule has 1 aromatic heterocycles. The molecule has 0 bridgehead atoms. The zero-order valence-electron chi connectivity index (χ0n) is 15.3. The van der Waals surface area contributed by atoms with Crippen LogP contribution in [-0.4, -0.2) is 27.2 Å². The fourth-order valence-corrected chi connectivity index (χ4v) is 3.93. The number of carbonyl (C=O) groups is 2. The summed E-state index contributed by atoms with van der Waals surface area (Å²) in [6.45, 7) is 4.49. The Balaban J connectivity index is 1.69. The molecule has 1 N–H and O–H groups in total. The molecule has 0 radical (unpaired) electrons. The predicted octanol–water partition coefficient (Wildman–Crippen LogP) is 4.83. The first kappa shape index (κ1) is 19.0. The average Bonchev–Trinajstić information content (AvgIpc) is 3.11. The average molecular weight is 379 g/mol. The van der Waals surface area contributed by atoms with E-state index >= 15 is 0 Å². The van der Waals surface area contributed by atoms with Gasteiger partial charge in [0.2, 0.25) is 5.78 Å². The normalized spacial score (nSPS) is 10.7. The number of thioether (sulfide) groups is 1. The van der Waals surface area contributed by atoms with E-state index in [1.165, 1.54) is 0 Å². The van der Waals surface area contributed by atoms with Crippen LogP contribution >= 0.6 is 11.8 Å². The molecule has 5 heteroatoms. The maximum Gasteiger partial charge on any atom is 0.335 e. The highest BCUT2D eigenvalue weighted by molar-refractivity contribution is 7.99. The van der Waals surface area contributed by atoms with Gasteiger partial charge >= 0.3 is 5.97 Å². The topological polar surface area (TPSA) is 59.3 Å². The molecule has 4 nitrogen and oxygen atoms in total. The van der Waals surface area contributed by atoms with Crippen molar-refractivity contribution >= 4 is 23.5 Å². The van der Waals surface area contributed by atoms with Gasteiger partial charge in [-0.25, -0.2) is 4.79 Å². The molecule has 0 aliphatic carbocycles. The zero-order valence-corrected chi connectivity index (χ0v) is 16.1. The lowest BCUT2D eigenvalue weighted by atomic mass is 10.1. The van der Waals surface area contributed by atoms with E-state index in [4.69, 9.17) is 0 Å². The van der Waals surface area contributed by atoms with Crippen molar-refractivity contribution in [2.24, 2.45) is 0 Å². The number of rotatable bonds is 7. The molecular formula is C22H21NO3S. The summed E-state index contributed by atoms with van der Waals surface area (Å²) in [5.41, 5.74) is 3.57. The van der Waals surface area contributed by atoms with Gasteiger partial charge in [-0.3, -0.25) is 4.79 Å². The highest BCUT2D eigenvalue weighted by atomic mass is 32.2. The van der Waals surface area contributed by atoms with E-state index in [2.05, 4.69) is 0 Å². The van der Waals surface area contributed by atoms with E-state index in [1.54, 1.807) is 23.9 Å². The molecule has 0 spiro atoms. The molecule has 3 rings (SSSR count). The predicted molar refractivity (Wildman–Crippen MR) is 108 cm³/mol. The van der Waals surface area contributed by atoms with Crippen molar-refractivity contribution in [3.05, 3.63) is 88.7 Å². The van der Waals surface area contributed by atoms with Crippen molar-refractivity contribution in [1.29, 1.82) is 0 Å². The van der Waals surface area contributed by atoms with Gasteiger partial charge in [0, 0.05) is 29.0 Å². The van der Waals surface area contributed by atoms with E-state index in [-0.39, 0.29) is 5.78 Å². The van der Waals surface area contributed by atoms with Crippen molar-refractivity contribution in [2.75, 3.05) is 5.75 Å². The number of nitrogens with zero attached hydrogens (tertiary/aromatic N) is 1. The molecule has 138 valence electrons. The molecule has 3 aromatic rings. The van der Waals surface area contributed by atoms with Crippen molar-refractivity contribution in [3.8, 4) is 0 Å². The molecule has 0 amide bonds. The molecule has 0 fully saturated rings. The summed E-state index contributed by atoms with van der Waals surface area (Å²) in [6.07, 6.45) is 1.91. The summed E-state index contributed by atoms with van der Waals surface area (Å²) >= 11 is 1.60. The lowest BCUT2D eigenvalue weighted by Crippen LogP contribution is -2.11. The Morgan fingerprint density at radius 1 is 1.00 bits per heavy atom. The number of aryl methyl sites for hydroxylation is 2. The van der Waals surface area contributed by atoms with Crippen molar-refractivity contribution < 1.29 is 14.7 Å². The van der Waals surface area contributed by atoms with Gasteiger partial charge in [0.1, 0.15) is 0 Å². The van der Waals surface area contributed by atoms with E-state index < -0.39 is 5.97 Å².